The summed E-state index contributed by atoms with van der Waals surface area (Å²) >= 11 is 0. The number of halogens is 1. The molecule has 3 unspecified atom stereocenters. The summed E-state index contributed by atoms with van der Waals surface area (Å²) in [6, 6.07) is 5.05. The molecule has 7 nitrogen and oxygen atoms in total. The molecular formula is C22H26FN3O4. The molecule has 3 rings (SSSR count). The van der Waals surface area contributed by atoms with Crippen LogP contribution in [0.25, 0.3) is 0 Å². The van der Waals surface area contributed by atoms with Gasteiger partial charge in [0.1, 0.15) is 5.82 Å². The lowest BCUT2D eigenvalue weighted by molar-refractivity contribution is -0.175. The SMILES string of the molecule is C=C1C(=O)C(C)(C(=O)OC)C(CCc2cn(Cc3ccc(C)cc3F)nn2)OC1C. The highest BCUT2D eigenvalue weighted by Gasteiger charge is 2.54. The van der Waals surface area contributed by atoms with Gasteiger partial charge in [-0.05, 0) is 45.2 Å². The Morgan fingerprint density at radius 3 is 2.83 bits per heavy atom. The van der Waals surface area contributed by atoms with Crippen LogP contribution >= 0.6 is 0 Å². The number of Topliss-reactive ketones (excluding diaryl/α,β-unsaturated/α-hetero) is 1. The van der Waals surface area contributed by atoms with E-state index < -0.39 is 23.6 Å². The summed E-state index contributed by atoms with van der Waals surface area (Å²) in [4.78, 5) is 25.2. The molecule has 0 N–H and O–H groups in total. The van der Waals surface area contributed by atoms with Crippen molar-refractivity contribution in [1.82, 2.24) is 15.0 Å². The van der Waals surface area contributed by atoms with Gasteiger partial charge < -0.3 is 9.47 Å². The number of hydrogen-bond acceptors (Lipinski definition) is 6. The first-order chi connectivity index (χ1) is 14.2. The summed E-state index contributed by atoms with van der Waals surface area (Å²) in [6.45, 7) is 9.11. The lowest BCUT2D eigenvalue weighted by Gasteiger charge is -2.41. The van der Waals surface area contributed by atoms with Gasteiger partial charge in [-0.3, -0.25) is 9.59 Å². The molecule has 0 amide bonds. The van der Waals surface area contributed by atoms with Gasteiger partial charge in [-0.15, -0.1) is 5.10 Å². The van der Waals surface area contributed by atoms with E-state index in [2.05, 4.69) is 16.9 Å². The summed E-state index contributed by atoms with van der Waals surface area (Å²) < 4.78 is 26.4. The van der Waals surface area contributed by atoms with Gasteiger partial charge in [-0.1, -0.05) is 23.9 Å². The van der Waals surface area contributed by atoms with Crippen LogP contribution in [0.15, 0.2) is 36.5 Å². The second-order valence-corrected chi connectivity index (χ2v) is 7.86. The monoisotopic (exact) mass is 415 g/mol. The fourth-order valence-corrected chi connectivity index (χ4v) is 3.69. The largest absolute Gasteiger partial charge is 0.468 e. The van der Waals surface area contributed by atoms with Crippen molar-refractivity contribution in [3.63, 3.8) is 0 Å². The zero-order valence-corrected chi connectivity index (χ0v) is 17.6. The second-order valence-electron chi connectivity index (χ2n) is 7.86. The minimum Gasteiger partial charge on any atom is -0.468 e. The van der Waals surface area contributed by atoms with E-state index in [1.807, 2.05) is 13.0 Å². The molecule has 0 spiro atoms. The molecule has 1 aliphatic heterocycles. The molecule has 0 bridgehead atoms. The predicted molar refractivity (Wildman–Crippen MR) is 107 cm³/mol. The number of aryl methyl sites for hydroxylation is 2. The molecule has 1 aromatic carbocycles. The molecule has 30 heavy (non-hydrogen) atoms. The van der Waals surface area contributed by atoms with E-state index in [4.69, 9.17) is 9.47 Å². The van der Waals surface area contributed by atoms with Gasteiger partial charge in [0.05, 0.1) is 31.6 Å². The number of ether oxygens (including phenoxy) is 2. The molecule has 1 aromatic heterocycles. The van der Waals surface area contributed by atoms with Crippen molar-refractivity contribution < 1.29 is 23.5 Å². The number of nitrogens with zero attached hydrogens (tertiary/aromatic N) is 3. The fourth-order valence-electron chi connectivity index (χ4n) is 3.69. The number of carbonyl (C=O) groups excluding carboxylic acids is 2. The average Bonchev–Trinajstić information content (AvgIpc) is 3.17. The molecule has 8 heteroatoms. The van der Waals surface area contributed by atoms with E-state index in [0.29, 0.717) is 24.1 Å². The van der Waals surface area contributed by atoms with Crippen molar-refractivity contribution in [3.8, 4) is 0 Å². The summed E-state index contributed by atoms with van der Waals surface area (Å²) in [6.07, 6.45) is 1.35. The summed E-state index contributed by atoms with van der Waals surface area (Å²) in [5.41, 5.74) is 0.819. The number of ketones is 1. The first kappa shape index (κ1) is 21.8. The molecule has 2 heterocycles. The van der Waals surface area contributed by atoms with E-state index in [-0.39, 0.29) is 23.7 Å². The molecule has 0 saturated carbocycles. The Hall–Kier alpha value is -2.87. The van der Waals surface area contributed by atoms with E-state index >= 15 is 0 Å². The van der Waals surface area contributed by atoms with Crippen LogP contribution in [0.5, 0.6) is 0 Å². The maximum absolute atomic E-state index is 14.1. The zero-order chi connectivity index (χ0) is 22.1. The van der Waals surface area contributed by atoms with E-state index in [9.17, 15) is 14.0 Å². The molecule has 2 aromatic rings. The van der Waals surface area contributed by atoms with Crippen molar-refractivity contribution in [3.05, 3.63) is 59.2 Å². The topological polar surface area (TPSA) is 83.3 Å². The number of hydrogen-bond donors (Lipinski definition) is 0. The van der Waals surface area contributed by atoms with Crippen LogP contribution in [0.4, 0.5) is 4.39 Å². The lowest BCUT2D eigenvalue weighted by atomic mass is 9.72. The first-order valence-electron chi connectivity index (χ1n) is 9.78. The molecular weight excluding hydrogens is 389 g/mol. The summed E-state index contributed by atoms with van der Waals surface area (Å²) in [5.74, 6) is -1.30. The number of methoxy groups -OCH3 is 1. The summed E-state index contributed by atoms with van der Waals surface area (Å²) in [7, 11) is 1.24. The Bertz CT molecular complexity index is 987. The van der Waals surface area contributed by atoms with Crippen molar-refractivity contribution in [2.75, 3.05) is 7.11 Å². The zero-order valence-electron chi connectivity index (χ0n) is 17.6. The van der Waals surface area contributed by atoms with Crippen molar-refractivity contribution in [2.24, 2.45) is 5.41 Å². The van der Waals surface area contributed by atoms with Gasteiger partial charge in [-0.2, -0.15) is 0 Å². The van der Waals surface area contributed by atoms with Crippen LogP contribution in [0.1, 0.15) is 37.1 Å². The highest BCUT2D eigenvalue weighted by atomic mass is 19.1. The minimum atomic E-state index is -1.46. The van der Waals surface area contributed by atoms with Crippen molar-refractivity contribution in [1.29, 1.82) is 0 Å². The molecule has 1 fully saturated rings. The van der Waals surface area contributed by atoms with Crippen LogP contribution < -0.4 is 0 Å². The molecule has 1 saturated heterocycles. The van der Waals surface area contributed by atoms with Gasteiger partial charge in [0.15, 0.2) is 11.2 Å². The quantitative estimate of drug-likeness (QED) is 0.410. The van der Waals surface area contributed by atoms with Crippen molar-refractivity contribution in [2.45, 2.75) is 52.4 Å². The molecule has 0 aliphatic carbocycles. The second kappa shape index (κ2) is 8.47. The maximum atomic E-state index is 14.1. The first-order valence-corrected chi connectivity index (χ1v) is 9.78. The highest BCUT2D eigenvalue weighted by Crippen LogP contribution is 2.39. The van der Waals surface area contributed by atoms with Gasteiger partial charge in [0, 0.05) is 17.3 Å². The van der Waals surface area contributed by atoms with Gasteiger partial charge in [0.2, 0.25) is 0 Å². The smallest absolute Gasteiger partial charge is 0.322 e. The number of benzene rings is 1. The Balaban J connectivity index is 1.72. The fraction of sp³-hybridized carbons (Fsp3) is 0.455. The van der Waals surface area contributed by atoms with Crippen molar-refractivity contribution >= 4 is 11.8 Å². The normalized spacial score (nSPS) is 24.2. The standard InChI is InChI=1S/C22H26FN3O4/c1-13-6-7-16(18(23)10-13)11-26-12-17(24-25-26)8-9-19-22(4,21(28)29-5)20(27)14(2)15(3)30-19/h6-7,10,12,15,19H,2,8-9,11H2,1,3-5H3. The van der Waals surface area contributed by atoms with E-state index in [0.717, 1.165) is 5.56 Å². The highest BCUT2D eigenvalue weighted by molar-refractivity contribution is 6.13. The third-order valence-electron chi connectivity index (χ3n) is 5.67. The summed E-state index contributed by atoms with van der Waals surface area (Å²) in [5, 5.41) is 8.18. The number of rotatable bonds is 6. The van der Waals surface area contributed by atoms with Gasteiger partial charge >= 0.3 is 5.97 Å². The van der Waals surface area contributed by atoms with Gasteiger partial charge in [0.25, 0.3) is 0 Å². The number of aromatic nitrogens is 3. The average molecular weight is 415 g/mol. The van der Waals surface area contributed by atoms with Gasteiger partial charge in [-0.25, -0.2) is 9.07 Å². The molecule has 160 valence electrons. The Morgan fingerprint density at radius 1 is 1.43 bits per heavy atom. The Morgan fingerprint density at radius 2 is 2.17 bits per heavy atom. The Labute approximate surface area is 174 Å². The third kappa shape index (κ3) is 4.05. The molecule has 3 atom stereocenters. The number of carbonyl (C=O) groups is 2. The predicted octanol–water partition coefficient (Wildman–Crippen LogP) is 2.80. The van der Waals surface area contributed by atoms with E-state index in [1.165, 1.54) is 20.1 Å². The lowest BCUT2D eigenvalue weighted by Crippen LogP contribution is -2.55. The number of esters is 1. The maximum Gasteiger partial charge on any atom is 0.322 e. The Kier molecular flexibility index (Phi) is 6.17. The van der Waals surface area contributed by atoms with Crippen LogP contribution in [0, 0.1) is 18.2 Å². The minimum absolute atomic E-state index is 0.255. The van der Waals surface area contributed by atoms with Crippen LogP contribution in [0.2, 0.25) is 0 Å². The van der Waals surface area contributed by atoms with Crippen LogP contribution in [-0.4, -0.2) is 46.1 Å². The van der Waals surface area contributed by atoms with Crippen LogP contribution in [0.3, 0.4) is 0 Å². The third-order valence-corrected chi connectivity index (χ3v) is 5.67. The van der Waals surface area contributed by atoms with Crippen LogP contribution in [-0.2, 0) is 32.0 Å². The van der Waals surface area contributed by atoms with E-state index in [1.54, 1.807) is 23.9 Å². The molecule has 0 radical (unpaired) electrons. The molecule has 1 aliphatic rings.